The van der Waals surface area contributed by atoms with Crippen LogP contribution in [0.2, 0.25) is 0 Å². The molecule has 0 saturated heterocycles. The van der Waals surface area contributed by atoms with Gasteiger partial charge in [0.25, 0.3) is 0 Å². The monoisotopic (exact) mass is 366 g/mol. The molecule has 26 heavy (non-hydrogen) atoms. The van der Waals surface area contributed by atoms with E-state index in [0.29, 0.717) is 11.3 Å². The molecule has 0 radical (unpaired) electrons. The van der Waals surface area contributed by atoms with E-state index in [2.05, 4.69) is 39.1 Å². The first-order valence-electron chi connectivity index (χ1n) is 8.48. The fourth-order valence-electron chi connectivity index (χ4n) is 3.95. The third-order valence-electron chi connectivity index (χ3n) is 4.97. The number of rotatable bonds is 2. The van der Waals surface area contributed by atoms with Gasteiger partial charge in [-0.05, 0) is 30.4 Å². The lowest BCUT2D eigenvalue weighted by atomic mass is 9.61. The summed E-state index contributed by atoms with van der Waals surface area (Å²) in [7, 11) is 1.81. The third kappa shape index (κ3) is 2.33. The number of pyridine rings is 1. The van der Waals surface area contributed by atoms with Crippen molar-refractivity contribution in [2.24, 2.45) is 12.5 Å². The average Bonchev–Trinajstić information content (AvgIpc) is 3.16. The summed E-state index contributed by atoms with van der Waals surface area (Å²) in [6, 6.07) is 3.91. The first kappa shape index (κ1) is 15.8. The number of aryl methyl sites for hydroxylation is 1. The van der Waals surface area contributed by atoms with Crippen LogP contribution in [0.5, 0.6) is 0 Å². The Balaban J connectivity index is 1.55. The summed E-state index contributed by atoms with van der Waals surface area (Å²) in [5.41, 5.74) is 1.71. The van der Waals surface area contributed by atoms with E-state index >= 15 is 0 Å². The van der Waals surface area contributed by atoms with Crippen molar-refractivity contribution >= 4 is 32.7 Å². The number of nitrogens with zero attached hydrogens (tertiary/aromatic N) is 6. The van der Waals surface area contributed by atoms with E-state index < -0.39 is 5.60 Å². The van der Waals surface area contributed by atoms with E-state index in [1.54, 1.807) is 22.2 Å². The minimum Gasteiger partial charge on any atom is -0.384 e. The van der Waals surface area contributed by atoms with Crippen molar-refractivity contribution in [3.8, 4) is 11.4 Å². The lowest BCUT2D eigenvalue weighted by Gasteiger charge is -2.49. The maximum Gasteiger partial charge on any atom is 0.178 e. The van der Waals surface area contributed by atoms with Gasteiger partial charge in [-0.15, -0.1) is 16.4 Å². The Morgan fingerprint density at radius 1 is 1.15 bits per heavy atom. The molecule has 1 saturated carbocycles. The van der Waals surface area contributed by atoms with Crippen molar-refractivity contribution < 1.29 is 5.11 Å². The fraction of sp³-hybridized carbons (Fsp3) is 0.389. The van der Waals surface area contributed by atoms with Gasteiger partial charge in [-0.2, -0.15) is 0 Å². The molecular formula is C18H18N6OS. The van der Waals surface area contributed by atoms with Gasteiger partial charge >= 0.3 is 0 Å². The Morgan fingerprint density at radius 2 is 1.96 bits per heavy atom. The Hall–Kier alpha value is -2.45. The second-order valence-electron chi connectivity index (χ2n) is 7.89. The van der Waals surface area contributed by atoms with Crippen molar-refractivity contribution in [1.29, 1.82) is 0 Å². The molecule has 0 bridgehead atoms. The van der Waals surface area contributed by atoms with Crippen molar-refractivity contribution in [3.63, 3.8) is 0 Å². The largest absolute Gasteiger partial charge is 0.384 e. The molecule has 5 rings (SSSR count). The van der Waals surface area contributed by atoms with Crippen LogP contribution in [-0.4, -0.2) is 35.1 Å². The molecular weight excluding hydrogens is 348 g/mol. The highest BCUT2D eigenvalue weighted by Crippen LogP contribution is 2.55. The number of thiophene rings is 1. The summed E-state index contributed by atoms with van der Waals surface area (Å²) in [5.74, 6) is 0.604. The Kier molecular flexibility index (Phi) is 3.06. The van der Waals surface area contributed by atoms with Crippen LogP contribution < -0.4 is 0 Å². The molecule has 1 aliphatic carbocycles. The molecule has 0 unspecified atom stereocenters. The summed E-state index contributed by atoms with van der Waals surface area (Å²) in [6.45, 7) is 4.37. The zero-order valence-electron chi connectivity index (χ0n) is 14.8. The predicted octanol–water partition coefficient (Wildman–Crippen LogP) is 3.04. The Morgan fingerprint density at radius 3 is 2.73 bits per heavy atom. The lowest BCUT2D eigenvalue weighted by molar-refractivity contribution is -0.116. The van der Waals surface area contributed by atoms with Crippen LogP contribution in [-0.2, 0) is 12.6 Å². The molecule has 0 atom stereocenters. The maximum absolute atomic E-state index is 10.9. The zero-order chi connectivity index (χ0) is 18.1. The molecule has 1 N–H and O–H groups in total. The van der Waals surface area contributed by atoms with Crippen molar-refractivity contribution in [2.75, 3.05) is 0 Å². The van der Waals surface area contributed by atoms with Gasteiger partial charge in [0.15, 0.2) is 11.5 Å². The van der Waals surface area contributed by atoms with E-state index in [-0.39, 0.29) is 5.41 Å². The van der Waals surface area contributed by atoms with Gasteiger partial charge in [0, 0.05) is 35.3 Å². The highest BCUT2D eigenvalue weighted by molar-refractivity contribution is 7.18. The molecule has 1 aliphatic rings. The number of aromatic nitrogens is 6. The van der Waals surface area contributed by atoms with Gasteiger partial charge in [0.05, 0.1) is 5.60 Å². The molecule has 4 heterocycles. The first-order valence-corrected chi connectivity index (χ1v) is 9.30. The number of aliphatic hydroxyl groups is 1. The quantitative estimate of drug-likeness (QED) is 0.586. The van der Waals surface area contributed by atoms with Crippen LogP contribution in [0.3, 0.4) is 0 Å². The van der Waals surface area contributed by atoms with Crippen LogP contribution in [0, 0.1) is 5.41 Å². The predicted molar refractivity (Wildman–Crippen MR) is 99.6 cm³/mol. The van der Waals surface area contributed by atoms with E-state index in [4.69, 9.17) is 0 Å². The van der Waals surface area contributed by atoms with Gasteiger partial charge in [0.1, 0.15) is 10.3 Å². The van der Waals surface area contributed by atoms with Crippen LogP contribution >= 0.6 is 11.3 Å². The summed E-state index contributed by atoms with van der Waals surface area (Å²) in [5, 5.41) is 19.9. The molecule has 132 valence electrons. The fourth-order valence-corrected chi connectivity index (χ4v) is 5.04. The number of hydrogen-bond donors (Lipinski definition) is 1. The van der Waals surface area contributed by atoms with E-state index in [0.717, 1.165) is 39.1 Å². The molecule has 7 nitrogen and oxygen atoms in total. The lowest BCUT2D eigenvalue weighted by Crippen LogP contribution is -2.45. The van der Waals surface area contributed by atoms with Gasteiger partial charge in [0.2, 0.25) is 0 Å². The van der Waals surface area contributed by atoms with Crippen molar-refractivity contribution in [3.05, 3.63) is 29.4 Å². The summed E-state index contributed by atoms with van der Waals surface area (Å²) < 4.78 is 1.63. The molecule has 4 aromatic heterocycles. The SMILES string of the molecule is Cn1nnc2cc(-c3ncc4cc(C5(O)CC(C)(C)C5)sc4n3)cnc21. The highest BCUT2D eigenvalue weighted by Gasteiger charge is 2.49. The molecule has 0 aliphatic heterocycles. The average molecular weight is 366 g/mol. The van der Waals surface area contributed by atoms with Crippen molar-refractivity contribution in [2.45, 2.75) is 32.3 Å². The van der Waals surface area contributed by atoms with Gasteiger partial charge in [-0.3, -0.25) is 0 Å². The third-order valence-corrected chi connectivity index (χ3v) is 6.21. The second-order valence-corrected chi connectivity index (χ2v) is 8.92. The number of hydrogen-bond acceptors (Lipinski definition) is 7. The van der Waals surface area contributed by atoms with Gasteiger partial charge < -0.3 is 5.11 Å². The smallest absolute Gasteiger partial charge is 0.178 e. The molecule has 1 fully saturated rings. The van der Waals surface area contributed by atoms with E-state index in [1.807, 2.05) is 25.4 Å². The first-order chi connectivity index (χ1) is 12.3. The number of fused-ring (bicyclic) bond motifs is 2. The standard InChI is InChI=1S/C18H18N6OS/c1-17(2)8-18(25,9-17)13-5-11-7-19-14(21-16(11)26-13)10-4-12-15(20-6-10)24(3)23-22-12/h4-7,25H,8-9H2,1-3H3. The van der Waals surface area contributed by atoms with Crippen LogP contribution in [0.15, 0.2) is 24.5 Å². The van der Waals surface area contributed by atoms with E-state index in [1.165, 1.54) is 0 Å². The van der Waals surface area contributed by atoms with E-state index in [9.17, 15) is 5.11 Å². The van der Waals surface area contributed by atoms with Crippen LogP contribution in [0.25, 0.3) is 32.8 Å². The molecule has 0 amide bonds. The molecule has 0 spiro atoms. The van der Waals surface area contributed by atoms with Crippen LogP contribution in [0.1, 0.15) is 31.6 Å². The normalized spacial score (nSPS) is 18.3. The van der Waals surface area contributed by atoms with Gasteiger partial charge in [-0.1, -0.05) is 19.1 Å². The summed E-state index contributed by atoms with van der Waals surface area (Å²) in [6.07, 6.45) is 5.11. The maximum atomic E-state index is 10.9. The summed E-state index contributed by atoms with van der Waals surface area (Å²) >= 11 is 1.54. The summed E-state index contributed by atoms with van der Waals surface area (Å²) in [4.78, 5) is 15.4. The minimum absolute atomic E-state index is 0.194. The zero-order valence-corrected chi connectivity index (χ0v) is 15.6. The molecule has 4 aromatic rings. The minimum atomic E-state index is -0.727. The molecule has 8 heteroatoms. The Labute approximate surface area is 153 Å². The topological polar surface area (TPSA) is 89.6 Å². The Bertz CT molecular complexity index is 1150. The second kappa shape index (κ2) is 5.05. The van der Waals surface area contributed by atoms with Gasteiger partial charge in [-0.25, -0.2) is 19.6 Å². The van der Waals surface area contributed by atoms with Crippen LogP contribution in [0.4, 0.5) is 0 Å². The molecule has 0 aromatic carbocycles. The van der Waals surface area contributed by atoms with Crippen molar-refractivity contribution in [1.82, 2.24) is 29.9 Å². The highest BCUT2D eigenvalue weighted by atomic mass is 32.1.